The molecule has 0 bridgehead atoms. The van der Waals surface area contributed by atoms with Crippen molar-refractivity contribution in [2.75, 3.05) is 23.8 Å². The van der Waals surface area contributed by atoms with E-state index >= 15 is 0 Å². The summed E-state index contributed by atoms with van der Waals surface area (Å²) in [7, 11) is 1.93. The first-order valence-electron chi connectivity index (χ1n) is 5.32. The average molecular weight is 238 g/mol. The van der Waals surface area contributed by atoms with E-state index in [0.29, 0.717) is 5.82 Å². The molecule has 1 aromatic rings. The van der Waals surface area contributed by atoms with Crippen molar-refractivity contribution in [1.82, 2.24) is 9.97 Å². The number of anilines is 2. The number of hydrogen-bond acceptors (Lipinski definition) is 5. The van der Waals surface area contributed by atoms with Crippen LogP contribution in [0.15, 0.2) is 12.4 Å². The van der Waals surface area contributed by atoms with E-state index in [2.05, 4.69) is 36.1 Å². The second-order valence-electron chi connectivity index (χ2n) is 4.74. The first-order chi connectivity index (χ1) is 7.80. The molecule has 6 heteroatoms. The molecule has 0 aliphatic carbocycles. The number of nitrogens with zero attached hydrogens (tertiary/aromatic N) is 3. The van der Waals surface area contributed by atoms with Crippen molar-refractivity contribution >= 4 is 17.6 Å². The molecular formula is C11H18N4O2. The maximum Gasteiger partial charge on any atom is 0.322 e. The third-order valence-corrected chi connectivity index (χ3v) is 2.42. The van der Waals surface area contributed by atoms with Gasteiger partial charge in [-0.15, -0.1) is 0 Å². The van der Waals surface area contributed by atoms with Gasteiger partial charge in [-0.05, 0) is 20.8 Å². The van der Waals surface area contributed by atoms with Crippen molar-refractivity contribution in [3.63, 3.8) is 0 Å². The summed E-state index contributed by atoms with van der Waals surface area (Å²) in [5.74, 6) is 0.336. The van der Waals surface area contributed by atoms with Gasteiger partial charge in [-0.1, -0.05) is 0 Å². The van der Waals surface area contributed by atoms with Crippen LogP contribution >= 0.6 is 0 Å². The van der Waals surface area contributed by atoms with Gasteiger partial charge in [-0.25, -0.2) is 9.97 Å². The van der Waals surface area contributed by atoms with Crippen LogP contribution in [0.25, 0.3) is 0 Å². The number of carbonyl (C=O) groups is 1. The first kappa shape index (κ1) is 13.2. The summed E-state index contributed by atoms with van der Waals surface area (Å²) in [4.78, 5) is 20.6. The van der Waals surface area contributed by atoms with Gasteiger partial charge in [0.25, 0.3) is 0 Å². The van der Waals surface area contributed by atoms with Crippen molar-refractivity contribution < 1.29 is 9.90 Å². The summed E-state index contributed by atoms with van der Waals surface area (Å²) in [5, 5.41) is 11.3. The second kappa shape index (κ2) is 4.99. The fourth-order valence-corrected chi connectivity index (χ4v) is 1.14. The minimum absolute atomic E-state index is 0.0571. The second-order valence-corrected chi connectivity index (χ2v) is 4.74. The third kappa shape index (κ3) is 3.90. The Balaban J connectivity index is 2.82. The molecule has 2 N–H and O–H groups in total. The predicted octanol–water partition coefficient (Wildman–Crippen LogP) is 1.21. The van der Waals surface area contributed by atoms with Gasteiger partial charge in [0, 0.05) is 18.7 Å². The van der Waals surface area contributed by atoms with E-state index in [1.54, 1.807) is 6.07 Å². The fraction of sp³-hybridized carbons (Fsp3) is 0.545. The Bertz CT molecular complexity index is 401. The zero-order valence-electron chi connectivity index (χ0n) is 10.6. The van der Waals surface area contributed by atoms with Gasteiger partial charge in [0.15, 0.2) is 0 Å². The molecule has 0 spiro atoms. The molecule has 0 amide bonds. The molecule has 0 atom stereocenters. The molecule has 0 unspecified atom stereocenters. The maximum atomic E-state index is 10.4. The summed E-state index contributed by atoms with van der Waals surface area (Å²) in [5.41, 5.74) is -0.0571. The molecule has 6 nitrogen and oxygen atoms in total. The van der Waals surface area contributed by atoms with E-state index in [4.69, 9.17) is 5.11 Å². The zero-order chi connectivity index (χ0) is 13.1. The van der Waals surface area contributed by atoms with Crippen molar-refractivity contribution in [3.8, 4) is 0 Å². The van der Waals surface area contributed by atoms with Crippen molar-refractivity contribution in [3.05, 3.63) is 12.4 Å². The van der Waals surface area contributed by atoms with Gasteiger partial charge in [-0.3, -0.25) is 4.79 Å². The first-order valence-corrected chi connectivity index (χ1v) is 5.32. The molecule has 0 fully saturated rings. The van der Waals surface area contributed by atoms with E-state index in [1.165, 1.54) is 6.33 Å². The summed E-state index contributed by atoms with van der Waals surface area (Å²) in [6.45, 7) is 6.05. The van der Waals surface area contributed by atoms with E-state index < -0.39 is 5.97 Å². The van der Waals surface area contributed by atoms with Gasteiger partial charge < -0.3 is 15.3 Å². The molecule has 1 aromatic heterocycles. The van der Waals surface area contributed by atoms with Crippen LogP contribution in [0.4, 0.5) is 11.6 Å². The highest BCUT2D eigenvalue weighted by Gasteiger charge is 2.18. The third-order valence-electron chi connectivity index (χ3n) is 2.42. The van der Waals surface area contributed by atoms with Crippen LogP contribution in [-0.2, 0) is 4.79 Å². The van der Waals surface area contributed by atoms with Gasteiger partial charge in [-0.2, -0.15) is 0 Å². The minimum Gasteiger partial charge on any atom is -0.480 e. The number of hydrogen-bond donors (Lipinski definition) is 2. The van der Waals surface area contributed by atoms with Crippen LogP contribution in [0, 0.1) is 0 Å². The molecule has 17 heavy (non-hydrogen) atoms. The monoisotopic (exact) mass is 238 g/mol. The normalized spacial score (nSPS) is 11.1. The van der Waals surface area contributed by atoms with Crippen LogP contribution in [-0.4, -0.2) is 40.2 Å². The SMILES string of the molecule is CN(c1cc(NCC(=O)O)ncn1)C(C)(C)C. The van der Waals surface area contributed by atoms with Gasteiger partial charge in [0.05, 0.1) is 0 Å². The lowest BCUT2D eigenvalue weighted by Crippen LogP contribution is -2.38. The lowest BCUT2D eigenvalue weighted by atomic mass is 10.1. The Morgan fingerprint density at radius 2 is 2.12 bits per heavy atom. The number of nitrogens with one attached hydrogen (secondary N) is 1. The highest BCUT2D eigenvalue weighted by atomic mass is 16.4. The fourth-order valence-electron chi connectivity index (χ4n) is 1.14. The molecule has 0 saturated heterocycles. The highest BCUT2D eigenvalue weighted by molar-refractivity contribution is 5.72. The van der Waals surface area contributed by atoms with Gasteiger partial charge in [0.1, 0.15) is 24.5 Å². The van der Waals surface area contributed by atoms with E-state index in [-0.39, 0.29) is 12.1 Å². The number of rotatable bonds is 4. The Morgan fingerprint density at radius 3 is 2.65 bits per heavy atom. The summed E-state index contributed by atoms with van der Waals surface area (Å²) < 4.78 is 0. The minimum atomic E-state index is -0.922. The van der Waals surface area contributed by atoms with Gasteiger partial charge in [0.2, 0.25) is 0 Å². The average Bonchev–Trinajstić information content (AvgIpc) is 2.24. The summed E-state index contributed by atoms with van der Waals surface area (Å²) >= 11 is 0. The molecule has 0 saturated carbocycles. The Labute approximate surface area is 101 Å². The lowest BCUT2D eigenvalue weighted by Gasteiger charge is -2.33. The summed E-state index contributed by atoms with van der Waals surface area (Å²) in [6.07, 6.45) is 1.42. The van der Waals surface area contributed by atoms with Crippen molar-refractivity contribution in [2.45, 2.75) is 26.3 Å². The van der Waals surface area contributed by atoms with E-state index in [9.17, 15) is 4.79 Å². The molecule has 0 aromatic carbocycles. The number of aromatic nitrogens is 2. The molecule has 1 rings (SSSR count). The number of carboxylic acids is 1. The molecule has 1 heterocycles. The van der Waals surface area contributed by atoms with Crippen LogP contribution < -0.4 is 10.2 Å². The Morgan fingerprint density at radius 1 is 1.47 bits per heavy atom. The van der Waals surface area contributed by atoms with E-state index in [1.807, 2.05) is 11.9 Å². The predicted molar refractivity (Wildman–Crippen MR) is 66.3 cm³/mol. The highest BCUT2D eigenvalue weighted by Crippen LogP contribution is 2.20. The standard InChI is InChI=1S/C11H18N4O2/c1-11(2,3)15(4)9-5-8(13-7-14-9)12-6-10(16)17/h5,7H,6H2,1-4H3,(H,16,17)(H,12,13,14). The molecule has 0 aliphatic heterocycles. The van der Waals surface area contributed by atoms with Gasteiger partial charge >= 0.3 is 5.97 Å². The Kier molecular flexibility index (Phi) is 3.88. The van der Waals surface area contributed by atoms with Crippen molar-refractivity contribution in [1.29, 1.82) is 0 Å². The topological polar surface area (TPSA) is 78.4 Å². The van der Waals surface area contributed by atoms with Crippen LogP contribution in [0.2, 0.25) is 0 Å². The largest absolute Gasteiger partial charge is 0.480 e. The summed E-state index contributed by atoms with van der Waals surface area (Å²) in [6, 6.07) is 1.73. The smallest absolute Gasteiger partial charge is 0.322 e. The Hall–Kier alpha value is -1.85. The number of aliphatic carboxylic acids is 1. The van der Waals surface area contributed by atoms with Crippen LogP contribution in [0.1, 0.15) is 20.8 Å². The molecule has 94 valence electrons. The van der Waals surface area contributed by atoms with Crippen molar-refractivity contribution in [2.24, 2.45) is 0 Å². The molecule has 0 aliphatic rings. The van der Waals surface area contributed by atoms with E-state index in [0.717, 1.165) is 5.82 Å². The van der Waals surface area contributed by atoms with Crippen LogP contribution in [0.3, 0.4) is 0 Å². The zero-order valence-corrected chi connectivity index (χ0v) is 10.6. The lowest BCUT2D eigenvalue weighted by molar-refractivity contribution is -0.134. The van der Waals surface area contributed by atoms with Crippen LogP contribution in [0.5, 0.6) is 0 Å². The molecule has 0 radical (unpaired) electrons. The quantitative estimate of drug-likeness (QED) is 0.820. The number of carboxylic acid groups (broad SMARTS) is 1. The maximum absolute atomic E-state index is 10.4. The molecular weight excluding hydrogens is 220 g/mol.